The van der Waals surface area contributed by atoms with E-state index in [0.717, 1.165) is 29.0 Å². The smallest absolute Gasteiger partial charge is 0.152 e. The molecule has 0 aliphatic carbocycles. The molecular formula is C30H37O2P. The normalized spacial score (nSPS) is 13.8. The molecule has 174 valence electrons. The van der Waals surface area contributed by atoms with E-state index in [1.54, 1.807) is 0 Å². The Morgan fingerprint density at radius 2 is 1.21 bits per heavy atom. The van der Waals surface area contributed by atoms with Crippen LogP contribution in [0.25, 0.3) is 6.08 Å². The van der Waals surface area contributed by atoms with E-state index in [1.807, 2.05) is 103 Å². The molecule has 1 N–H and O–H groups in total. The summed E-state index contributed by atoms with van der Waals surface area (Å²) in [4.78, 5) is 0. The molecule has 0 fully saturated rings. The van der Waals surface area contributed by atoms with E-state index in [-0.39, 0.29) is 0 Å². The molecule has 0 saturated carbocycles. The third-order valence-corrected chi connectivity index (χ3v) is 9.72. The lowest BCUT2D eigenvalue weighted by molar-refractivity contribution is 0.166. The van der Waals surface area contributed by atoms with Crippen LogP contribution in [0.4, 0.5) is 0 Å². The molecule has 0 bridgehead atoms. The summed E-state index contributed by atoms with van der Waals surface area (Å²) in [7, 11) is -3.13. The zero-order valence-electron chi connectivity index (χ0n) is 19.7. The fourth-order valence-corrected chi connectivity index (χ4v) is 7.54. The second-order valence-corrected chi connectivity index (χ2v) is 11.7. The second kappa shape index (κ2) is 13.3. The number of aliphatic hydroxyl groups is 1. The Balaban J connectivity index is 1.94. The summed E-state index contributed by atoms with van der Waals surface area (Å²) in [5.74, 6) is 0. The van der Waals surface area contributed by atoms with Crippen LogP contribution in [-0.4, -0.2) is 16.9 Å². The molecule has 0 aromatic heterocycles. The zero-order valence-corrected chi connectivity index (χ0v) is 20.6. The maximum Gasteiger partial charge on any atom is 0.152 e. The third kappa shape index (κ3) is 7.03. The minimum absolute atomic E-state index is 0.488. The van der Waals surface area contributed by atoms with E-state index in [4.69, 9.17) is 0 Å². The molecule has 33 heavy (non-hydrogen) atoms. The van der Waals surface area contributed by atoms with Crippen molar-refractivity contribution >= 4 is 23.8 Å². The molecule has 2 atom stereocenters. The average Bonchev–Trinajstić information content (AvgIpc) is 2.87. The second-order valence-electron chi connectivity index (χ2n) is 8.71. The van der Waals surface area contributed by atoms with Gasteiger partial charge in [0.2, 0.25) is 0 Å². The Morgan fingerprint density at radius 1 is 0.727 bits per heavy atom. The van der Waals surface area contributed by atoms with E-state index in [0.29, 0.717) is 6.42 Å². The van der Waals surface area contributed by atoms with Gasteiger partial charge >= 0.3 is 0 Å². The SMILES string of the molecule is CCCCCCCC[C@@H](O)[C@@H](/C=C/c1ccccc1)P(=O)(c1ccccc1)c1ccccc1. The Morgan fingerprint density at radius 3 is 1.76 bits per heavy atom. The van der Waals surface area contributed by atoms with Crippen LogP contribution in [0.5, 0.6) is 0 Å². The average molecular weight is 461 g/mol. The van der Waals surface area contributed by atoms with Gasteiger partial charge in [-0.15, -0.1) is 0 Å². The zero-order chi connectivity index (χ0) is 23.4. The van der Waals surface area contributed by atoms with Crippen molar-refractivity contribution in [3.05, 3.63) is 103 Å². The number of hydrogen-bond acceptors (Lipinski definition) is 2. The quantitative estimate of drug-likeness (QED) is 0.216. The van der Waals surface area contributed by atoms with Crippen LogP contribution in [0, 0.1) is 0 Å². The molecule has 3 heteroatoms. The highest BCUT2D eigenvalue weighted by Gasteiger charge is 2.39. The molecule has 2 nitrogen and oxygen atoms in total. The largest absolute Gasteiger partial charge is 0.392 e. The Kier molecular flexibility index (Phi) is 10.2. The van der Waals surface area contributed by atoms with Gasteiger partial charge in [-0.05, 0) is 12.0 Å². The van der Waals surface area contributed by atoms with Crippen molar-refractivity contribution in [3.63, 3.8) is 0 Å². The number of hydrogen-bond donors (Lipinski definition) is 1. The first-order valence-electron chi connectivity index (χ1n) is 12.3. The Hall–Kier alpha value is -2.41. The lowest BCUT2D eigenvalue weighted by Gasteiger charge is -2.30. The van der Waals surface area contributed by atoms with Crippen LogP contribution >= 0.6 is 7.14 Å². The molecule has 0 radical (unpaired) electrons. The predicted octanol–water partition coefficient (Wildman–Crippen LogP) is 7.19. The molecule has 0 amide bonds. The van der Waals surface area contributed by atoms with Gasteiger partial charge in [-0.1, -0.05) is 149 Å². The molecule has 0 spiro atoms. The van der Waals surface area contributed by atoms with Crippen molar-refractivity contribution in [2.75, 3.05) is 0 Å². The van der Waals surface area contributed by atoms with Crippen LogP contribution in [0.3, 0.4) is 0 Å². The van der Waals surface area contributed by atoms with Gasteiger partial charge < -0.3 is 9.67 Å². The molecule has 0 aliphatic heterocycles. The van der Waals surface area contributed by atoms with Gasteiger partial charge in [0.25, 0.3) is 0 Å². The van der Waals surface area contributed by atoms with Crippen molar-refractivity contribution in [2.45, 2.75) is 63.6 Å². The summed E-state index contributed by atoms with van der Waals surface area (Å²) in [6, 6.07) is 29.4. The van der Waals surface area contributed by atoms with Gasteiger partial charge in [-0.25, -0.2) is 0 Å². The van der Waals surface area contributed by atoms with Gasteiger partial charge in [-0.3, -0.25) is 0 Å². The van der Waals surface area contributed by atoms with Crippen molar-refractivity contribution in [2.24, 2.45) is 0 Å². The molecule has 0 heterocycles. The first-order chi connectivity index (χ1) is 16.2. The van der Waals surface area contributed by atoms with E-state index >= 15 is 0 Å². The molecular weight excluding hydrogens is 423 g/mol. The van der Waals surface area contributed by atoms with Gasteiger partial charge in [0.1, 0.15) is 0 Å². The standard InChI is InChI=1S/C30H37O2P/c1-2-3-4-5-6-16-23-29(31)30(25-24-26-17-10-7-11-18-26)33(32,27-19-12-8-13-20-27)28-21-14-9-15-22-28/h7-15,17-22,24-25,29-31H,2-6,16,23H2,1H3/b25-24+/t29-,30-/m1/s1. The Labute approximate surface area is 199 Å². The summed E-state index contributed by atoms with van der Waals surface area (Å²) in [6.07, 6.45) is 11.0. The van der Waals surface area contributed by atoms with E-state index in [1.165, 1.54) is 25.7 Å². The molecule has 0 saturated heterocycles. The maximum atomic E-state index is 14.9. The highest BCUT2D eigenvalue weighted by Crippen LogP contribution is 2.51. The van der Waals surface area contributed by atoms with Crippen LogP contribution in [-0.2, 0) is 4.57 Å². The summed E-state index contributed by atoms with van der Waals surface area (Å²) < 4.78 is 14.9. The van der Waals surface area contributed by atoms with Crippen molar-refractivity contribution in [3.8, 4) is 0 Å². The number of benzene rings is 3. The maximum absolute atomic E-state index is 14.9. The minimum Gasteiger partial charge on any atom is -0.392 e. The van der Waals surface area contributed by atoms with Crippen LogP contribution in [0.2, 0.25) is 0 Å². The summed E-state index contributed by atoms with van der Waals surface area (Å²) in [6.45, 7) is 2.22. The molecule has 3 aromatic carbocycles. The first kappa shape index (κ1) is 25.2. The minimum atomic E-state index is -3.13. The third-order valence-electron chi connectivity index (χ3n) is 6.23. The number of aliphatic hydroxyl groups excluding tert-OH is 1. The van der Waals surface area contributed by atoms with Crippen LogP contribution in [0.15, 0.2) is 97.1 Å². The monoisotopic (exact) mass is 460 g/mol. The van der Waals surface area contributed by atoms with Gasteiger partial charge in [0.05, 0.1) is 11.8 Å². The lowest BCUT2D eigenvalue weighted by Crippen LogP contribution is -2.33. The molecule has 3 rings (SSSR count). The molecule has 0 aliphatic rings. The van der Waals surface area contributed by atoms with Gasteiger partial charge in [-0.2, -0.15) is 0 Å². The van der Waals surface area contributed by atoms with Crippen molar-refractivity contribution in [1.29, 1.82) is 0 Å². The van der Waals surface area contributed by atoms with E-state index in [9.17, 15) is 9.67 Å². The van der Waals surface area contributed by atoms with E-state index < -0.39 is 18.9 Å². The number of rotatable bonds is 13. The predicted molar refractivity (Wildman–Crippen MR) is 143 cm³/mol. The summed E-state index contributed by atoms with van der Waals surface area (Å²) >= 11 is 0. The van der Waals surface area contributed by atoms with Crippen molar-refractivity contribution < 1.29 is 9.67 Å². The molecule has 3 aromatic rings. The lowest BCUT2D eigenvalue weighted by atomic mass is 10.0. The summed E-state index contributed by atoms with van der Waals surface area (Å²) in [5.41, 5.74) is 0.556. The Bertz CT molecular complexity index is 956. The van der Waals surface area contributed by atoms with Crippen molar-refractivity contribution in [1.82, 2.24) is 0 Å². The fraction of sp³-hybridized carbons (Fsp3) is 0.333. The van der Waals surface area contributed by atoms with Crippen LogP contribution in [0.1, 0.15) is 57.4 Å². The number of unbranched alkanes of at least 4 members (excludes halogenated alkanes) is 5. The van der Waals surface area contributed by atoms with Crippen LogP contribution < -0.4 is 10.6 Å². The molecule has 0 unspecified atom stereocenters. The van der Waals surface area contributed by atoms with Gasteiger partial charge in [0, 0.05) is 10.6 Å². The van der Waals surface area contributed by atoms with E-state index in [2.05, 4.69) is 6.92 Å². The highest BCUT2D eigenvalue weighted by atomic mass is 31.2. The topological polar surface area (TPSA) is 37.3 Å². The fourth-order valence-electron chi connectivity index (χ4n) is 4.36. The summed E-state index contributed by atoms with van der Waals surface area (Å²) in [5, 5.41) is 13.0. The van der Waals surface area contributed by atoms with Gasteiger partial charge in [0.15, 0.2) is 7.14 Å². The first-order valence-corrected chi connectivity index (χ1v) is 14.1. The highest BCUT2D eigenvalue weighted by molar-refractivity contribution is 7.79.